The van der Waals surface area contributed by atoms with E-state index < -0.39 is 33.6 Å². The number of sulfone groups is 1. The van der Waals surface area contributed by atoms with Crippen molar-refractivity contribution in [3.05, 3.63) is 4.88 Å². The van der Waals surface area contributed by atoms with Gasteiger partial charge in [0.1, 0.15) is 20.8 Å². The van der Waals surface area contributed by atoms with Gasteiger partial charge in [-0.3, -0.25) is 0 Å². The van der Waals surface area contributed by atoms with E-state index in [1.807, 2.05) is 5.32 Å². The molecule has 118 valence electrons. The van der Waals surface area contributed by atoms with Crippen LogP contribution in [0.2, 0.25) is 0 Å². The standard InChI is InChI=1S/C10H11F4N3O2S2/c1-2-21(18,19)7-6(16)5(3-15)20-8(7)17-4-10(13,14)9(11)12/h9,17H,2,4,16H2,1H3. The Balaban J connectivity index is 3.23. The molecular weight excluding hydrogens is 334 g/mol. The second-order valence-corrected chi connectivity index (χ2v) is 7.17. The van der Waals surface area contributed by atoms with Crippen LogP contribution in [-0.2, 0) is 9.84 Å². The molecule has 1 rings (SSSR count). The van der Waals surface area contributed by atoms with E-state index >= 15 is 0 Å². The van der Waals surface area contributed by atoms with E-state index in [2.05, 4.69) is 0 Å². The third kappa shape index (κ3) is 3.56. The molecule has 0 spiro atoms. The van der Waals surface area contributed by atoms with Gasteiger partial charge in [-0.15, -0.1) is 11.3 Å². The van der Waals surface area contributed by atoms with Gasteiger partial charge in [0.15, 0.2) is 9.84 Å². The van der Waals surface area contributed by atoms with Gasteiger partial charge < -0.3 is 11.1 Å². The second-order valence-electron chi connectivity index (χ2n) is 3.93. The molecule has 0 amide bonds. The predicted molar refractivity (Wildman–Crippen MR) is 70.6 cm³/mol. The van der Waals surface area contributed by atoms with E-state index in [0.717, 1.165) is 0 Å². The van der Waals surface area contributed by atoms with E-state index in [9.17, 15) is 26.0 Å². The van der Waals surface area contributed by atoms with Crippen molar-refractivity contribution in [2.24, 2.45) is 0 Å². The Labute approximate surface area is 122 Å². The summed E-state index contributed by atoms with van der Waals surface area (Å²) in [6.07, 6.45) is -3.90. The largest absolute Gasteiger partial charge is 0.396 e. The molecule has 0 aliphatic rings. The highest BCUT2D eigenvalue weighted by Gasteiger charge is 2.41. The summed E-state index contributed by atoms with van der Waals surface area (Å²) in [5, 5.41) is 10.4. The molecule has 5 nitrogen and oxygen atoms in total. The molecule has 0 aliphatic heterocycles. The van der Waals surface area contributed by atoms with E-state index in [1.165, 1.54) is 6.92 Å². The first-order valence-corrected chi connectivity index (χ1v) is 7.98. The van der Waals surface area contributed by atoms with Crippen LogP contribution in [0, 0.1) is 11.3 Å². The summed E-state index contributed by atoms with van der Waals surface area (Å²) in [5.74, 6) is -4.71. The van der Waals surface area contributed by atoms with Crippen LogP contribution in [0.25, 0.3) is 0 Å². The Morgan fingerprint density at radius 2 is 2.05 bits per heavy atom. The first-order valence-electron chi connectivity index (χ1n) is 5.51. The molecule has 0 aromatic carbocycles. The lowest BCUT2D eigenvalue weighted by molar-refractivity contribution is -0.117. The molecular formula is C10H11F4N3O2S2. The minimum Gasteiger partial charge on any atom is -0.396 e. The van der Waals surface area contributed by atoms with Gasteiger partial charge in [0, 0.05) is 0 Å². The van der Waals surface area contributed by atoms with Crippen LogP contribution in [0.5, 0.6) is 0 Å². The zero-order chi connectivity index (χ0) is 16.4. The summed E-state index contributed by atoms with van der Waals surface area (Å²) in [4.78, 5) is -0.693. The fourth-order valence-electron chi connectivity index (χ4n) is 1.36. The molecule has 0 saturated carbocycles. The number of nitrogens with one attached hydrogen (secondary N) is 1. The number of anilines is 2. The molecule has 0 atom stereocenters. The van der Waals surface area contributed by atoms with E-state index in [4.69, 9.17) is 11.0 Å². The first kappa shape index (κ1) is 17.5. The average Bonchev–Trinajstić information content (AvgIpc) is 2.73. The molecule has 3 N–H and O–H groups in total. The van der Waals surface area contributed by atoms with Crippen molar-refractivity contribution < 1.29 is 26.0 Å². The number of hydrogen-bond acceptors (Lipinski definition) is 6. The van der Waals surface area contributed by atoms with Crippen LogP contribution in [0.3, 0.4) is 0 Å². The Morgan fingerprint density at radius 3 is 2.48 bits per heavy atom. The van der Waals surface area contributed by atoms with Crippen LogP contribution in [0.1, 0.15) is 11.8 Å². The number of rotatable bonds is 6. The quantitative estimate of drug-likeness (QED) is 0.771. The maximum Gasteiger partial charge on any atom is 0.324 e. The number of hydrogen-bond donors (Lipinski definition) is 2. The van der Waals surface area contributed by atoms with Crippen molar-refractivity contribution in [2.45, 2.75) is 24.2 Å². The minimum absolute atomic E-state index is 0.190. The Kier molecular flexibility index (Phi) is 5.06. The molecule has 0 unspecified atom stereocenters. The highest BCUT2D eigenvalue weighted by Crippen LogP contribution is 2.40. The van der Waals surface area contributed by atoms with E-state index in [-0.39, 0.29) is 21.3 Å². The number of thiophene rings is 1. The van der Waals surface area contributed by atoms with Crippen LogP contribution < -0.4 is 11.1 Å². The molecule has 21 heavy (non-hydrogen) atoms. The summed E-state index contributed by atoms with van der Waals surface area (Å²) in [6, 6.07) is 1.63. The van der Waals surface area contributed by atoms with E-state index in [0.29, 0.717) is 11.3 Å². The molecule has 1 heterocycles. The summed E-state index contributed by atoms with van der Waals surface area (Å²) in [7, 11) is -3.90. The van der Waals surface area contributed by atoms with Gasteiger partial charge in [0.05, 0.1) is 18.0 Å². The van der Waals surface area contributed by atoms with Crippen molar-refractivity contribution in [3.8, 4) is 6.07 Å². The van der Waals surface area contributed by atoms with Crippen molar-refractivity contribution in [1.82, 2.24) is 0 Å². The molecule has 11 heteroatoms. The monoisotopic (exact) mass is 345 g/mol. The molecule has 1 aromatic heterocycles. The molecule has 0 bridgehead atoms. The summed E-state index contributed by atoms with van der Waals surface area (Å²) >= 11 is 0.526. The van der Waals surface area contributed by atoms with Gasteiger partial charge in [-0.05, 0) is 0 Å². The Morgan fingerprint density at radius 1 is 1.48 bits per heavy atom. The number of nitrogens with zero attached hydrogens (tertiary/aromatic N) is 1. The van der Waals surface area contributed by atoms with Crippen molar-refractivity contribution in [2.75, 3.05) is 23.3 Å². The maximum atomic E-state index is 12.9. The lowest BCUT2D eigenvalue weighted by atomic mass is 10.3. The lowest BCUT2D eigenvalue weighted by Gasteiger charge is -2.16. The Hall–Kier alpha value is -1.54. The highest BCUT2D eigenvalue weighted by atomic mass is 32.2. The fourth-order valence-corrected chi connectivity index (χ4v) is 3.82. The fraction of sp³-hybridized carbons (Fsp3) is 0.500. The molecule has 0 fully saturated rings. The summed E-state index contributed by atoms with van der Waals surface area (Å²) in [6.45, 7) is -0.169. The number of nitrogens with two attached hydrogens (primary N) is 1. The van der Waals surface area contributed by atoms with Gasteiger partial charge in [-0.1, -0.05) is 6.92 Å². The van der Waals surface area contributed by atoms with Crippen molar-refractivity contribution >= 4 is 31.9 Å². The third-order valence-electron chi connectivity index (χ3n) is 2.50. The topological polar surface area (TPSA) is 96.0 Å². The summed E-state index contributed by atoms with van der Waals surface area (Å²) < 4.78 is 73.7. The third-order valence-corrected chi connectivity index (χ3v) is 5.50. The number of nitrogen functional groups attached to an aromatic ring is 1. The zero-order valence-corrected chi connectivity index (χ0v) is 12.3. The van der Waals surface area contributed by atoms with Gasteiger partial charge in [-0.25, -0.2) is 17.2 Å². The molecule has 0 aliphatic carbocycles. The minimum atomic E-state index is -4.33. The van der Waals surface area contributed by atoms with Gasteiger partial charge in [0.2, 0.25) is 0 Å². The van der Waals surface area contributed by atoms with Crippen LogP contribution in [0.4, 0.5) is 28.3 Å². The second kappa shape index (κ2) is 6.07. The SMILES string of the molecule is CCS(=O)(=O)c1c(NCC(F)(F)C(F)F)sc(C#N)c1N. The predicted octanol–water partition coefficient (Wildman–Crippen LogP) is 2.31. The average molecular weight is 345 g/mol. The molecule has 1 aromatic rings. The smallest absolute Gasteiger partial charge is 0.324 e. The van der Waals surface area contributed by atoms with Crippen molar-refractivity contribution in [1.29, 1.82) is 5.26 Å². The molecule has 0 radical (unpaired) electrons. The molecule has 0 saturated heterocycles. The van der Waals surface area contributed by atoms with Gasteiger partial charge >= 0.3 is 12.3 Å². The Bertz CT molecular complexity index is 665. The lowest BCUT2D eigenvalue weighted by Crippen LogP contribution is -2.34. The van der Waals surface area contributed by atoms with Crippen LogP contribution in [0.15, 0.2) is 4.90 Å². The maximum absolute atomic E-state index is 12.9. The number of halogens is 4. The normalized spacial score (nSPS) is 12.4. The van der Waals surface area contributed by atoms with Crippen LogP contribution in [-0.4, -0.2) is 33.1 Å². The zero-order valence-electron chi connectivity index (χ0n) is 10.7. The number of alkyl halides is 4. The van der Waals surface area contributed by atoms with Gasteiger partial charge in [-0.2, -0.15) is 14.0 Å². The van der Waals surface area contributed by atoms with Crippen LogP contribution >= 0.6 is 11.3 Å². The van der Waals surface area contributed by atoms with Gasteiger partial charge in [0.25, 0.3) is 0 Å². The van der Waals surface area contributed by atoms with Crippen molar-refractivity contribution in [3.63, 3.8) is 0 Å². The number of nitriles is 1. The van der Waals surface area contributed by atoms with E-state index in [1.54, 1.807) is 6.07 Å². The summed E-state index contributed by atoms with van der Waals surface area (Å²) in [5.41, 5.74) is 5.14. The highest BCUT2D eigenvalue weighted by molar-refractivity contribution is 7.91. The first-order chi connectivity index (χ1) is 9.56.